The Morgan fingerprint density at radius 1 is 1.09 bits per heavy atom. The van der Waals surface area contributed by atoms with E-state index in [2.05, 4.69) is 42.0 Å². The van der Waals surface area contributed by atoms with Crippen molar-refractivity contribution in [2.24, 2.45) is 0 Å². The van der Waals surface area contributed by atoms with Crippen molar-refractivity contribution in [3.8, 4) is 5.75 Å². The Balaban J connectivity index is 2.15. The van der Waals surface area contributed by atoms with E-state index in [1.807, 2.05) is 62.4 Å². The van der Waals surface area contributed by atoms with Gasteiger partial charge < -0.3 is 15.0 Å². The van der Waals surface area contributed by atoms with Gasteiger partial charge in [0, 0.05) is 13.1 Å². The van der Waals surface area contributed by atoms with Crippen LogP contribution in [-0.4, -0.2) is 42.5 Å². The number of carbonyl (C=O) groups is 2. The predicted octanol–water partition coefficient (Wildman–Crippen LogP) is 5.11. The Hall–Kier alpha value is -2.34. The fraction of sp³-hybridized carbons (Fsp3) is 0.462. The second-order valence-electron chi connectivity index (χ2n) is 8.83. The summed E-state index contributed by atoms with van der Waals surface area (Å²) in [6.45, 7) is 11.1. The van der Waals surface area contributed by atoms with Gasteiger partial charge in [0.25, 0.3) is 5.91 Å². The molecule has 6 heteroatoms. The molecule has 0 fully saturated rings. The van der Waals surface area contributed by atoms with E-state index >= 15 is 0 Å². The highest BCUT2D eigenvalue weighted by atomic mass is 79.9. The lowest BCUT2D eigenvalue weighted by Gasteiger charge is -2.30. The monoisotopic (exact) mass is 502 g/mol. The molecule has 0 saturated carbocycles. The molecule has 0 aliphatic rings. The summed E-state index contributed by atoms with van der Waals surface area (Å²) < 4.78 is 6.67. The molecule has 2 amide bonds. The zero-order valence-electron chi connectivity index (χ0n) is 19.8. The molecule has 0 heterocycles. The fourth-order valence-corrected chi connectivity index (χ4v) is 3.99. The van der Waals surface area contributed by atoms with Gasteiger partial charge in [-0.3, -0.25) is 9.59 Å². The first-order chi connectivity index (χ1) is 15.2. The maximum absolute atomic E-state index is 13.2. The summed E-state index contributed by atoms with van der Waals surface area (Å²) in [5.41, 5.74) is 2.32. The van der Waals surface area contributed by atoms with E-state index in [1.54, 1.807) is 4.90 Å². The van der Waals surface area contributed by atoms with Crippen molar-refractivity contribution in [2.45, 2.75) is 58.9 Å². The molecule has 1 unspecified atom stereocenters. The van der Waals surface area contributed by atoms with E-state index in [0.717, 1.165) is 10.0 Å². The van der Waals surface area contributed by atoms with Gasteiger partial charge in [-0.05, 0) is 64.4 Å². The summed E-state index contributed by atoms with van der Waals surface area (Å²) in [4.78, 5) is 27.5. The number of benzene rings is 2. The van der Waals surface area contributed by atoms with Crippen LogP contribution in [0.25, 0.3) is 0 Å². The number of nitrogens with one attached hydrogen (secondary N) is 1. The number of rotatable bonds is 10. The van der Waals surface area contributed by atoms with Crippen LogP contribution in [0.3, 0.4) is 0 Å². The minimum absolute atomic E-state index is 0.0199. The third kappa shape index (κ3) is 7.37. The van der Waals surface area contributed by atoms with Crippen molar-refractivity contribution in [2.75, 3.05) is 19.7 Å². The van der Waals surface area contributed by atoms with E-state index in [0.29, 0.717) is 31.7 Å². The van der Waals surface area contributed by atoms with E-state index in [4.69, 9.17) is 4.74 Å². The van der Waals surface area contributed by atoms with E-state index in [1.165, 1.54) is 5.56 Å². The zero-order chi connectivity index (χ0) is 23.7. The molecule has 32 heavy (non-hydrogen) atoms. The largest absolute Gasteiger partial charge is 0.483 e. The summed E-state index contributed by atoms with van der Waals surface area (Å²) in [6.07, 6.45) is 1.21. The average Bonchev–Trinajstić information content (AvgIpc) is 2.75. The second-order valence-corrected chi connectivity index (χ2v) is 9.68. The number of nitrogens with zero attached hydrogens (tertiary/aromatic N) is 1. The van der Waals surface area contributed by atoms with Crippen LogP contribution in [0.15, 0.2) is 53.0 Å². The number of halogens is 1. The minimum atomic E-state index is -0.526. The summed E-state index contributed by atoms with van der Waals surface area (Å²) in [5, 5.41) is 2.85. The first-order valence-electron chi connectivity index (χ1n) is 11.2. The Bertz CT molecular complexity index is 894. The molecule has 0 aliphatic carbocycles. The number of carbonyl (C=O) groups excluding carboxylic acids is 2. The first kappa shape index (κ1) is 25.9. The van der Waals surface area contributed by atoms with E-state index in [9.17, 15) is 9.59 Å². The van der Waals surface area contributed by atoms with Gasteiger partial charge in [0.15, 0.2) is 6.61 Å². The van der Waals surface area contributed by atoms with Crippen molar-refractivity contribution in [1.82, 2.24) is 10.2 Å². The highest BCUT2D eigenvalue weighted by molar-refractivity contribution is 9.10. The van der Waals surface area contributed by atoms with Gasteiger partial charge in [-0.15, -0.1) is 0 Å². The van der Waals surface area contributed by atoms with Crippen LogP contribution >= 0.6 is 15.9 Å². The third-order valence-electron chi connectivity index (χ3n) is 5.37. The predicted molar refractivity (Wildman–Crippen MR) is 133 cm³/mol. The normalized spacial score (nSPS) is 12.2. The van der Waals surface area contributed by atoms with Gasteiger partial charge in [0.1, 0.15) is 11.8 Å². The van der Waals surface area contributed by atoms with Gasteiger partial charge in [0.2, 0.25) is 5.91 Å². The summed E-state index contributed by atoms with van der Waals surface area (Å²) in [7, 11) is 0. The molecule has 5 nitrogen and oxygen atoms in total. The average molecular weight is 503 g/mol. The highest BCUT2D eigenvalue weighted by Crippen LogP contribution is 2.31. The third-order valence-corrected chi connectivity index (χ3v) is 5.99. The lowest BCUT2D eigenvalue weighted by atomic mass is 9.87. The Labute approximate surface area is 200 Å². The zero-order valence-corrected chi connectivity index (χ0v) is 21.4. The Kier molecular flexibility index (Phi) is 9.76. The van der Waals surface area contributed by atoms with Crippen LogP contribution in [-0.2, 0) is 21.4 Å². The number of likely N-dealkylation sites (N-methyl/N-ethyl adjacent to an activating group) is 1. The van der Waals surface area contributed by atoms with Gasteiger partial charge in [-0.25, -0.2) is 0 Å². The summed E-state index contributed by atoms with van der Waals surface area (Å²) >= 11 is 3.56. The van der Waals surface area contributed by atoms with Crippen molar-refractivity contribution < 1.29 is 14.3 Å². The molecular weight excluding hydrogens is 468 g/mol. The molecule has 1 N–H and O–H groups in total. The molecule has 174 valence electrons. The number of ether oxygens (including phenoxy) is 1. The molecule has 1 atom stereocenters. The molecular formula is C26H35BrN2O3. The van der Waals surface area contributed by atoms with Crippen molar-refractivity contribution in [1.29, 1.82) is 0 Å². The van der Waals surface area contributed by atoms with Crippen molar-refractivity contribution in [3.05, 3.63) is 64.1 Å². The maximum Gasteiger partial charge on any atom is 0.261 e. The van der Waals surface area contributed by atoms with Gasteiger partial charge >= 0.3 is 0 Å². The van der Waals surface area contributed by atoms with Crippen LogP contribution in [0.2, 0.25) is 0 Å². The molecule has 2 aromatic rings. The quantitative estimate of drug-likeness (QED) is 0.490. The topological polar surface area (TPSA) is 58.6 Å². The number of hydrogen-bond donors (Lipinski definition) is 1. The second kappa shape index (κ2) is 12.0. The number of amides is 2. The van der Waals surface area contributed by atoms with Gasteiger partial charge in [-0.1, -0.05) is 64.1 Å². The molecule has 0 bridgehead atoms. The van der Waals surface area contributed by atoms with Crippen LogP contribution in [0, 0.1) is 0 Å². The Morgan fingerprint density at radius 3 is 2.34 bits per heavy atom. The SMILES string of the molecule is CCNC(=O)C(CC)N(CCc1ccccc1)C(=O)COc1ccc(C(C)(C)C)cc1Br. The fourth-order valence-electron chi connectivity index (χ4n) is 3.49. The van der Waals surface area contributed by atoms with Crippen LogP contribution < -0.4 is 10.1 Å². The first-order valence-corrected chi connectivity index (χ1v) is 12.0. The standard InChI is InChI=1S/C26H35BrN2O3/c1-6-22(25(31)28-7-2)29(16-15-19-11-9-8-10-12-19)24(30)18-32-23-14-13-20(17-21(23)27)26(3,4)5/h8-14,17,22H,6-7,15-16,18H2,1-5H3,(H,28,31). The number of hydrogen-bond acceptors (Lipinski definition) is 3. The lowest BCUT2D eigenvalue weighted by molar-refractivity contribution is -0.142. The molecule has 0 spiro atoms. The van der Waals surface area contributed by atoms with Crippen LogP contribution in [0.1, 0.15) is 52.2 Å². The lowest BCUT2D eigenvalue weighted by Crippen LogP contribution is -2.51. The summed E-state index contributed by atoms with van der Waals surface area (Å²) in [6, 6.07) is 15.4. The molecule has 2 aromatic carbocycles. The van der Waals surface area contributed by atoms with Crippen molar-refractivity contribution >= 4 is 27.7 Å². The molecule has 0 aromatic heterocycles. The maximum atomic E-state index is 13.2. The van der Waals surface area contributed by atoms with Crippen molar-refractivity contribution in [3.63, 3.8) is 0 Å². The minimum Gasteiger partial charge on any atom is -0.483 e. The van der Waals surface area contributed by atoms with E-state index in [-0.39, 0.29) is 23.8 Å². The van der Waals surface area contributed by atoms with Gasteiger partial charge in [-0.2, -0.15) is 0 Å². The van der Waals surface area contributed by atoms with Crippen LogP contribution in [0.4, 0.5) is 0 Å². The highest BCUT2D eigenvalue weighted by Gasteiger charge is 2.28. The Morgan fingerprint density at radius 2 is 1.78 bits per heavy atom. The molecule has 0 radical (unpaired) electrons. The molecule has 0 aliphatic heterocycles. The molecule has 0 saturated heterocycles. The van der Waals surface area contributed by atoms with Crippen LogP contribution in [0.5, 0.6) is 5.75 Å². The summed E-state index contributed by atoms with van der Waals surface area (Å²) in [5.74, 6) is 0.276. The van der Waals surface area contributed by atoms with Gasteiger partial charge in [0.05, 0.1) is 4.47 Å². The van der Waals surface area contributed by atoms with E-state index < -0.39 is 6.04 Å². The smallest absolute Gasteiger partial charge is 0.261 e. The molecule has 2 rings (SSSR count).